The first-order valence-corrected chi connectivity index (χ1v) is 16.0. The number of carboxylic acid groups (broad SMARTS) is 1. The summed E-state index contributed by atoms with van der Waals surface area (Å²) in [6.45, 7) is 5.02. The number of para-hydroxylation sites is 1. The Morgan fingerprint density at radius 3 is 2.74 bits per heavy atom. The molecule has 2 saturated heterocycles. The summed E-state index contributed by atoms with van der Waals surface area (Å²) in [6.07, 6.45) is 2.80. The summed E-state index contributed by atoms with van der Waals surface area (Å²) in [5.41, 5.74) is 2.26. The van der Waals surface area contributed by atoms with Crippen LogP contribution in [0.3, 0.4) is 0 Å². The quantitative estimate of drug-likeness (QED) is 0.259. The van der Waals surface area contributed by atoms with E-state index in [1.54, 1.807) is 25.1 Å². The average Bonchev–Trinajstić information content (AvgIpc) is 3.52. The fourth-order valence-corrected chi connectivity index (χ4v) is 7.74. The molecule has 3 aromatic carbocycles. The standard InChI is InChI=1S/C34H34ClFN4O6/c1-33(22-7-6-20(35)16-24(22)36)45-26-5-3-4-23(31(26)46-33)34-10-8-28(34)37-11-12-39(34)18-29-38-30-25(40(29)17-21-9-13-44-21)14-19(32(41)42)15-27(30)43-2/h3-7,14-16,21,28,37H,8-13,17-18H2,1-2H3,(H,41,42)/t21-,28?,33+,34?/m0/s1. The maximum Gasteiger partial charge on any atom is 0.335 e. The second-order valence-corrected chi connectivity index (χ2v) is 13.0. The van der Waals surface area contributed by atoms with E-state index in [1.807, 2.05) is 12.1 Å². The number of nitrogens with zero attached hydrogens (tertiary/aromatic N) is 3. The second-order valence-electron chi connectivity index (χ2n) is 12.6. The molecule has 10 nitrogen and oxygen atoms in total. The zero-order valence-corrected chi connectivity index (χ0v) is 26.3. The lowest BCUT2D eigenvalue weighted by molar-refractivity contribution is -0.0807. The molecule has 4 aromatic rings. The largest absolute Gasteiger partial charge is 0.494 e. The molecule has 0 amide bonds. The van der Waals surface area contributed by atoms with Crippen molar-refractivity contribution in [2.75, 3.05) is 26.8 Å². The van der Waals surface area contributed by atoms with Crippen LogP contribution in [0.4, 0.5) is 4.39 Å². The van der Waals surface area contributed by atoms with Crippen molar-refractivity contribution in [3.8, 4) is 17.2 Å². The summed E-state index contributed by atoms with van der Waals surface area (Å²) in [4.78, 5) is 19.5. The number of ether oxygens (including phenoxy) is 4. The molecule has 1 saturated carbocycles. The SMILES string of the molecule is COc1cc(C(=O)O)cc2c1nc(CN1CCNC3CCC31c1cccc3c1O[C@](C)(c1ccc(Cl)cc1F)O3)n2C[C@@H]1CCO1. The Bertz CT molecular complexity index is 1880. The zero-order valence-electron chi connectivity index (χ0n) is 25.5. The van der Waals surface area contributed by atoms with E-state index in [-0.39, 0.29) is 23.3 Å². The number of fused-ring (bicyclic) bond motifs is 3. The number of methoxy groups -OCH3 is 1. The molecule has 12 heteroatoms. The number of piperazine rings is 1. The molecule has 0 bridgehead atoms. The van der Waals surface area contributed by atoms with Gasteiger partial charge in [-0.15, -0.1) is 0 Å². The number of carboxylic acids is 1. The molecule has 3 aliphatic heterocycles. The Morgan fingerprint density at radius 2 is 2.04 bits per heavy atom. The molecule has 2 unspecified atom stereocenters. The van der Waals surface area contributed by atoms with E-state index in [1.165, 1.54) is 19.2 Å². The van der Waals surface area contributed by atoms with Gasteiger partial charge in [0.2, 0.25) is 0 Å². The summed E-state index contributed by atoms with van der Waals surface area (Å²) in [7, 11) is 1.53. The van der Waals surface area contributed by atoms with E-state index in [0.29, 0.717) is 53.0 Å². The fourth-order valence-electron chi connectivity index (χ4n) is 7.58. The predicted molar refractivity (Wildman–Crippen MR) is 167 cm³/mol. The van der Waals surface area contributed by atoms with Gasteiger partial charge in [0.05, 0.1) is 48.5 Å². The Hall–Kier alpha value is -3.90. The van der Waals surface area contributed by atoms with Crippen molar-refractivity contribution in [3.63, 3.8) is 0 Å². The second kappa shape index (κ2) is 10.8. The van der Waals surface area contributed by atoms with Crippen LogP contribution in [0.25, 0.3) is 11.0 Å². The molecule has 8 rings (SSSR count). The van der Waals surface area contributed by atoms with E-state index < -0.39 is 23.1 Å². The highest BCUT2D eigenvalue weighted by molar-refractivity contribution is 6.30. The van der Waals surface area contributed by atoms with Crippen molar-refractivity contribution in [2.24, 2.45) is 0 Å². The number of imidazole rings is 1. The summed E-state index contributed by atoms with van der Waals surface area (Å²) < 4.78 is 41.6. The third-order valence-electron chi connectivity index (χ3n) is 10.1. The average molecular weight is 649 g/mol. The maximum atomic E-state index is 15.1. The van der Waals surface area contributed by atoms with Crippen LogP contribution in [0.15, 0.2) is 48.5 Å². The topological polar surface area (TPSA) is 107 Å². The summed E-state index contributed by atoms with van der Waals surface area (Å²) in [5, 5.41) is 13.8. The number of halogens is 2. The number of nitrogens with one attached hydrogen (secondary N) is 1. The van der Waals surface area contributed by atoms with Crippen molar-refractivity contribution < 1.29 is 33.2 Å². The fraction of sp³-hybridized carbons (Fsp3) is 0.412. The van der Waals surface area contributed by atoms with E-state index >= 15 is 4.39 Å². The van der Waals surface area contributed by atoms with Crippen LogP contribution < -0.4 is 19.5 Å². The van der Waals surface area contributed by atoms with Crippen LogP contribution in [-0.2, 0) is 29.2 Å². The van der Waals surface area contributed by atoms with Crippen molar-refractivity contribution in [2.45, 2.75) is 62.7 Å². The number of hydrogen-bond donors (Lipinski definition) is 2. The number of benzene rings is 3. The van der Waals surface area contributed by atoms with Gasteiger partial charge in [-0.25, -0.2) is 14.2 Å². The minimum absolute atomic E-state index is 0.0259. The first-order valence-electron chi connectivity index (χ1n) is 15.6. The van der Waals surface area contributed by atoms with Gasteiger partial charge in [-0.05, 0) is 55.7 Å². The van der Waals surface area contributed by atoms with Crippen molar-refractivity contribution in [1.82, 2.24) is 19.8 Å². The third-order valence-corrected chi connectivity index (χ3v) is 10.3. The number of aromatic nitrogens is 2. The molecule has 4 heterocycles. The monoisotopic (exact) mass is 648 g/mol. The molecule has 4 aliphatic rings. The lowest BCUT2D eigenvalue weighted by atomic mass is 9.64. The Labute approximate surface area is 270 Å². The lowest BCUT2D eigenvalue weighted by Gasteiger charge is -2.59. The van der Waals surface area contributed by atoms with Crippen molar-refractivity contribution in [3.05, 3.63) is 81.9 Å². The van der Waals surface area contributed by atoms with E-state index in [9.17, 15) is 9.90 Å². The molecular weight excluding hydrogens is 615 g/mol. The molecule has 3 fully saturated rings. The Balaban J connectivity index is 1.20. The van der Waals surface area contributed by atoms with Crippen LogP contribution in [0, 0.1) is 5.82 Å². The minimum Gasteiger partial charge on any atom is -0.494 e. The number of aromatic carboxylic acids is 1. The molecule has 0 radical (unpaired) electrons. The molecule has 1 aromatic heterocycles. The molecule has 0 spiro atoms. The first kappa shape index (κ1) is 29.5. The molecule has 46 heavy (non-hydrogen) atoms. The van der Waals surface area contributed by atoms with E-state index in [0.717, 1.165) is 43.7 Å². The minimum atomic E-state index is -1.37. The molecule has 240 valence electrons. The van der Waals surface area contributed by atoms with Gasteiger partial charge in [-0.2, -0.15) is 0 Å². The Morgan fingerprint density at radius 1 is 1.20 bits per heavy atom. The van der Waals surface area contributed by atoms with Gasteiger partial charge in [0.1, 0.15) is 22.9 Å². The summed E-state index contributed by atoms with van der Waals surface area (Å²) in [6, 6.07) is 13.7. The van der Waals surface area contributed by atoms with E-state index in [2.05, 4.69) is 20.9 Å². The maximum absolute atomic E-state index is 15.1. The number of rotatable bonds is 8. The van der Waals surface area contributed by atoms with Crippen LogP contribution in [0.2, 0.25) is 5.02 Å². The molecule has 1 aliphatic carbocycles. The van der Waals surface area contributed by atoms with E-state index in [4.69, 9.17) is 35.5 Å². The smallest absolute Gasteiger partial charge is 0.335 e. The van der Waals surface area contributed by atoms with Crippen LogP contribution >= 0.6 is 11.6 Å². The van der Waals surface area contributed by atoms with Crippen LogP contribution in [-0.4, -0.2) is 64.5 Å². The van der Waals surface area contributed by atoms with Crippen molar-refractivity contribution in [1.29, 1.82) is 0 Å². The van der Waals surface area contributed by atoms with Gasteiger partial charge in [0.25, 0.3) is 5.79 Å². The third kappa shape index (κ3) is 4.47. The van der Waals surface area contributed by atoms with Gasteiger partial charge < -0.3 is 33.9 Å². The highest BCUT2D eigenvalue weighted by Gasteiger charge is 2.57. The van der Waals surface area contributed by atoms with Gasteiger partial charge >= 0.3 is 5.97 Å². The molecular formula is C34H34ClFN4O6. The normalized spacial score (nSPS) is 26.8. The Kier molecular flexibility index (Phi) is 6.95. The van der Waals surface area contributed by atoms with Gasteiger partial charge in [0, 0.05) is 43.2 Å². The van der Waals surface area contributed by atoms with Crippen LogP contribution in [0.5, 0.6) is 17.2 Å². The highest BCUT2D eigenvalue weighted by Crippen LogP contribution is 2.56. The number of hydrogen-bond acceptors (Lipinski definition) is 8. The summed E-state index contributed by atoms with van der Waals surface area (Å²) >= 11 is 6.04. The highest BCUT2D eigenvalue weighted by atomic mass is 35.5. The van der Waals surface area contributed by atoms with Gasteiger partial charge in [-0.3, -0.25) is 4.90 Å². The van der Waals surface area contributed by atoms with Gasteiger partial charge in [-0.1, -0.05) is 23.7 Å². The van der Waals surface area contributed by atoms with Crippen LogP contribution in [0.1, 0.15) is 53.5 Å². The first-order chi connectivity index (χ1) is 22.2. The lowest BCUT2D eigenvalue weighted by Crippen LogP contribution is -2.70. The van der Waals surface area contributed by atoms with Crippen molar-refractivity contribution >= 4 is 28.6 Å². The zero-order chi connectivity index (χ0) is 31.8. The molecule has 2 N–H and O–H groups in total. The number of carbonyl (C=O) groups is 1. The van der Waals surface area contributed by atoms with Gasteiger partial charge in [0.15, 0.2) is 11.5 Å². The predicted octanol–water partition coefficient (Wildman–Crippen LogP) is 5.43. The molecule has 4 atom stereocenters. The summed E-state index contributed by atoms with van der Waals surface area (Å²) in [5.74, 6) is -0.524.